The molecule has 1 aromatic rings. The minimum atomic E-state index is -0.900. The van der Waals surface area contributed by atoms with Gasteiger partial charge in [0.15, 0.2) is 0 Å². The monoisotopic (exact) mass is 214 g/mol. The molecule has 1 aliphatic rings. The SMILES string of the molecule is CN(Cc1nncn1C)C1COCC1F. The summed E-state index contributed by atoms with van der Waals surface area (Å²) in [5.74, 6) is 0.830. The third-order valence-electron chi connectivity index (χ3n) is 2.75. The van der Waals surface area contributed by atoms with Crippen LogP contribution in [0.5, 0.6) is 0 Å². The summed E-state index contributed by atoms with van der Waals surface area (Å²) in [4.78, 5) is 1.92. The Bertz CT molecular complexity index is 330. The van der Waals surface area contributed by atoms with E-state index < -0.39 is 6.17 Å². The van der Waals surface area contributed by atoms with Crippen LogP contribution in [0.15, 0.2) is 6.33 Å². The Morgan fingerprint density at radius 3 is 3.00 bits per heavy atom. The highest BCUT2D eigenvalue weighted by Crippen LogP contribution is 2.16. The summed E-state index contributed by atoms with van der Waals surface area (Å²) in [6.45, 7) is 1.24. The van der Waals surface area contributed by atoms with Crippen LogP contribution in [0.2, 0.25) is 0 Å². The van der Waals surface area contributed by atoms with Crippen LogP contribution in [0.3, 0.4) is 0 Å². The van der Waals surface area contributed by atoms with E-state index in [1.807, 2.05) is 23.6 Å². The summed E-state index contributed by atoms with van der Waals surface area (Å²) in [6.07, 6.45) is 0.740. The lowest BCUT2D eigenvalue weighted by molar-refractivity contribution is 0.150. The molecule has 15 heavy (non-hydrogen) atoms. The maximum Gasteiger partial charge on any atom is 0.146 e. The Kier molecular flexibility index (Phi) is 2.97. The first-order chi connectivity index (χ1) is 7.18. The molecule has 0 spiro atoms. The van der Waals surface area contributed by atoms with Crippen molar-refractivity contribution < 1.29 is 9.13 Å². The summed E-state index contributed by atoms with van der Waals surface area (Å²) in [7, 11) is 3.75. The predicted molar refractivity (Wildman–Crippen MR) is 52.0 cm³/mol. The van der Waals surface area contributed by atoms with Crippen LogP contribution < -0.4 is 0 Å². The van der Waals surface area contributed by atoms with Crippen molar-refractivity contribution >= 4 is 0 Å². The number of halogens is 1. The highest BCUT2D eigenvalue weighted by atomic mass is 19.1. The molecule has 5 nitrogen and oxygen atoms in total. The number of ether oxygens (including phenoxy) is 1. The number of nitrogens with zero attached hydrogens (tertiary/aromatic N) is 4. The molecule has 2 heterocycles. The van der Waals surface area contributed by atoms with Gasteiger partial charge in [-0.05, 0) is 7.05 Å². The van der Waals surface area contributed by atoms with E-state index in [0.29, 0.717) is 13.2 Å². The average Bonchev–Trinajstić information content (AvgIpc) is 2.76. The van der Waals surface area contributed by atoms with Crippen LogP contribution in [-0.4, -0.2) is 52.1 Å². The summed E-state index contributed by atoms with van der Waals surface area (Å²) >= 11 is 0. The maximum atomic E-state index is 13.4. The van der Waals surface area contributed by atoms with E-state index in [1.54, 1.807) is 6.33 Å². The zero-order valence-corrected chi connectivity index (χ0v) is 8.93. The Morgan fingerprint density at radius 2 is 2.47 bits per heavy atom. The molecular formula is C9H15FN4O. The van der Waals surface area contributed by atoms with Gasteiger partial charge >= 0.3 is 0 Å². The molecule has 2 unspecified atom stereocenters. The third kappa shape index (κ3) is 2.15. The second kappa shape index (κ2) is 4.24. The molecule has 2 atom stereocenters. The van der Waals surface area contributed by atoms with Gasteiger partial charge in [0.1, 0.15) is 18.3 Å². The zero-order chi connectivity index (χ0) is 10.8. The van der Waals surface area contributed by atoms with Gasteiger partial charge in [0.05, 0.1) is 25.8 Å². The molecule has 0 bridgehead atoms. The van der Waals surface area contributed by atoms with Crippen LogP contribution in [0.4, 0.5) is 4.39 Å². The fourth-order valence-corrected chi connectivity index (χ4v) is 1.71. The largest absolute Gasteiger partial charge is 0.377 e. The molecule has 0 radical (unpaired) electrons. The van der Waals surface area contributed by atoms with Crippen molar-refractivity contribution in [2.45, 2.75) is 18.8 Å². The lowest BCUT2D eigenvalue weighted by Gasteiger charge is -2.23. The van der Waals surface area contributed by atoms with Crippen molar-refractivity contribution in [2.24, 2.45) is 7.05 Å². The number of hydrogen-bond acceptors (Lipinski definition) is 4. The average molecular weight is 214 g/mol. The highest BCUT2D eigenvalue weighted by molar-refractivity contribution is 4.88. The molecule has 0 amide bonds. The van der Waals surface area contributed by atoms with E-state index in [2.05, 4.69) is 10.2 Å². The quantitative estimate of drug-likeness (QED) is 0.709. The fraction of sp³-hybridized carbons (Fsp3) is 0.778. The van der Waals surface area contributed by atoms with Gasteiger partial charge in [0.2, 0.25) is 0 Å². The van der Waals surface area contributed by atoms with Crippen LogP contribution in [0, 0.1) is 0 Å². The topological polar surface area (TPSA) is 43.2 Å². The molecule has 1 fully saturated rings. The number of alkyl halides is 1. The smallest absolute Gasteiger partial charge is 0.146 e. The molecule has 2 rings (SSSR count). The minimum Gasteiger partial charge on any atom is -0.377 e. The van der Waals surface area contributed by atoms with Crippen LogP contribution >= 0.6 is 0 Å². The summed E-state index contributed by atoms with van der Waals surface area (Å²) in [6, 6.07) is -0.165. The Morgan fingerprint density at radius 1 is 1.67 bits per heavy atom. The van der Waals surface area contributed by atoms with Gasteiger partial charge in [-0.15, -0.1) is 10.2 Å². The van der Waals surface area contributed by atoms with Gasteiger partial charge in [-0.3, -0.25) is 4.90 Å². The third-order valence-corrected chi connectivity index (χ3v) is 2.75. The zero-order valence-electron chi connectivity index (χ0n) is 8.93. The summed E-state index contributed by atoms with van der Waals surface area (Å²) in [5, 5.41) is 7.74. The van der Waals surface area contributed by atoms with E-state index >= 15 is 0 Å². The Labute approximate surface area is 87.8 Å². The summed E-state index contributed by atoms with van der Waals surface area (Å²) < 4.78 is 20.3. The second-order valence-corrected chi connectivity index (χ2v) is 3.89. The first-order valence-electron chi connectivity index (χ1n) is 4.93. The minimum absolute atomic E-state index is 0.165. The molecule has 6 heteroatoms. The van der Waals surface area contributed by atoms with E-state index in [1.165, 1.54) is 0 Å². The Balaban J connectivity index is 1.97. The molecule has 1 aromatic heterocycles. The number of rotatable bonds is 3. The van der Waals surface area contributed by atoms with Crippen LogP contribution in [0.25, 0.3) is 0 Å². The van der Waals surface area contributed by atoms with Gasteiger partial charge in [0.25, 0.3) is 0 Å². The number of aromatic nitrogens is 3. The van der Waals surface area contributed by atoms with E-state index in [-0.39, 0.29) is 12.6 Å². The second-order valence-electron chi connectivity index (χ2n) is 3.89. The van der Waals surface area contributed by atoms with Gasteiger partial charge < -0.3 is 9.30 Å². The van der Waals surface area contributed by atoms with Gasteiger partial charge in [-0.25, -0.2) is 4.39 Å². The first-order valence-corrected chi connectivity index (χ1v) is 4.93. The van der Waals surface area contributed by atoms with Crippen LogP contribution in [0.1, 0.15) is 5.82 Å². The van der Waals surface area contributed by atoms with Crippen molar-refractivity contribution in [3.63, 3.8) is 0 Å². The molecule has 0 N–H and O–H groups in total. The van der Waals surface area contributed by atoms with Crippen LogP contribution in [-0.2, 0) is 18.3 Å². The van der Waals surface area contributed by atoms with Crippen molar-refractivity contribution in [2.75, 3.05) is 20.3 Å². The normalized spacial score (nSPS) is 26.4. The molecule has 0 saturated carbocycles. The maximum absolute atomic E-state index is 13.4. The number of likely N-dealkylation sites (N-methyl/N-ethyl adjacent to an activating group) is 1. The molecule has 1 aliphatic heterocycles. The lowest BCUT2D eigenvalue weighted by Crippen LogP contribution is -2.38. The molecule has 84 valence electrons. The van der Waals surface area contributed by atoms with Crippen molar-refractivity contribution in [1.29, 1.82) is 0 Å². The van der Waals surface area contributed by atoms with Gasteiger partial charge in [0, 0.05) is 7.05 Å². The predicted octanol–water partition coefficient (Wildman–Crippen LogP) is -0.0162. The standard InChI is InChI=1S/C9H15FN4O/c1-13(8-5-15-4-7(8)10)3-9-12-11-6-14(9)2/h6-8H,3-5H2,1-2H3. The molecule has 0 aromatic carbocycles. The Hall–Kier alpha value is -1.01. The van der Waals surface area contributed by atoms with Gasteiger partial charge in [-0.2, -0.15) is 0 Å². The number of hydrogen-bond donors (Lipinski definition) is 0. The van der Waals surface area contributed by atoms with Crippen molar-refractivity contribution in [3.05, 3.63) is 12.2 Å². The summed E-state index contributed by atoms with van der Waals surface area (Å²) in [5.41, 5.74) is 0. The number of aryl methyl sites for hydroxylation is 1. The van der Waals surface area contributed by atoms with E-state index in [9.17, 15) is 4.39 Å². The first kappa shape index (κ1) is 10.5. The fourth-order valence-electron chi connectivity index (χ4n) is 1.71. The van der Waals surface area contributed by atoms with Gasteiger partial charge in [-0.1, -0.05) is 0 Å². The lowest BCUT2D eigenvalue weighted by atomic mass is 10.2. The molecule has 1 saturated heterocycles. The van der Waals surface area contributed by atoms with Crippen molar-refractivity contribution in [1.82, 2.24) is 19.7 Å². The van der Waals surface area contributed by atoms with Crippen molar-refractivity contribution in [3.8, 4) is 0 Å². The van der Waals surface area contributed by atoms with E-state index in [0.717, 1.165) is 5.82 Å². The van der Waals surface area contributed by atoms with E-state index in [4.69, 9.17) is 4.74 Å². The molecule has 0 aliphatic carbocycles. The molecular weight excluding hydrogens is 199 g/mol. The highest BCUT2D eigenvalue weighted by Gasteiger charge is 2.31.